The summed E-state index contributed by atoms with van der Waals surface area (Å²) >= 11 is 0. The highest BCUT2D eigenvalue weighted by molar-refractivity contribution is 5.95. The second-order valence-electron chi connectivity index (χ2n) is 4.68. The Hall–Kier alpha value is -2.02. The van der Waals surface area contributed by atoms with Gasteiger partial charge in [0.1, 0.15) is 11.6 Å². The number of carboxylic acids is 1. The first-order valence-electron chi connectivity index (χ1n) is 5.75. The van der Waals surface area contributed by atoms with Gasteiger partial charge in [0, 0.05) is 18.7 Å². The first kappa shape index (κ1) is 16.0. The molecule has 0 spiro atoms. The van der Waals surface area contributed by atoms with Crippen LogP contribution in [0.1, 0.15) is 23.7 Å². The molecule has 0 radical (unpaired) electrons. The maximum absolute atomic E-state index is 13.0. The van der Waals surface area contributed by atoms with Gasteiger partial charge >= 0.3 is 5.97 Å². The van der Waals surface area contributed by atoms with Crippen molar-refractivity contribution < 1.29 is 28.2 Å². The van der Waals surface area contributed by atoms with E-state index in [0.29, 0.717) is 6.07 Å². The monoisotopic (exact) mass is 287 g/mol. The largest absolute Gasteiger partial charge is 0.481 e. The Morgan fingerprint density at radius 1 is 1.30 bits per heavy atom. The lowest BCUT2D eigenvalue weighted by Crippen LogP contribution is -2.50. The number of hydrogen-bond donors (Lipinski definition) is 2. The van der Waals surface area contributed by atoms with E-state index >= 15 is 0 Å². The molecule has 0 saturated heterocycles. The summed E-state index contributed by atoms with van der Waals surface area (Å²) in [5, 5.41) is 11.2. The number of carbonyl (C=O) groups excluding carboxylic acids is 1. The van der Waals surface area contributed by atoms with Crippen LogP contribution >= 0.6 is 0 Å². The van der Waals surface area contributed by atoms with Gasteiger partial charge in [-0.1, -0.05) is 0 Å². The number of rotatable bonds is 6. The van der Waals surface area contributed by atoms with Gasteiger partial charge in [0.25, 0.3) is 5.91 Å². The van der Waals surface area contributed by atoms with Crippen LogP contribution in [0, 0.1) is 11.6 Å². The lowest BCUT2D eigenvalue weighted by atomic mass is 9.98. The zero-order valence-electron chi connectivity index (χ0n) is 11.1. The Labute approximate surface area is 114 Å². The Morgan fingerprint density at radius 3 is 2.30 bits per heavy atom. The van der Waals surface area contributed by atoms with Crippen molar-refractivity contribution in [3.8, 4) is 0 Å². The Morgan fingerprint density at radius 2 is 1.85 bits per heavy atom. The lowest BCUT2D eigenvalue weighted by Gasteiger charge is -2.28. The minimum Gasteiger partial charge on any atom is -0.481 e. The molecule has 0 bridgehead atoms. The minimum absolute atomic E-state index is 0.0527. The summed E-state index contributed by atoms with van der Waals surface area (Å²) in [6.07, 6.45) is -0.385. The van der Waals surface area contributed by atoms with E-state index in [1.54, 1.807) is 0 Å². The van der Waals surface area contributed by atoms with Crippen LogP contribution in [0.2, 0.25) is 0 Å². The van der Waals surface area contributed by atoms with Crippen LogP contribution in [0.25, 0.3) is 0 Å². The minimum atomic E-state index is -1.18. The van der Waals surface area contributed by atoms with Crippen molar-refractivity contribution in [2.75, 3.05) is 13.7 Å². The Balaban J connectivity index is 2.92. The molecule has 0 heterocycles. The SMILES string of the molecule is COCC(C)(CC(=O)O)NC(=O)c1cc(F)cc(F)c1. The van der Waals surface area contributed by atoms with Crippen molar-refractivity contribution in [3.63, 3.8) is 0 Å². The van der Waals surface area contributed by atoms with E-state index in [1.807, 2.05) is 0 Å². The van der Waals surface area contributed by atoms with E-state index < -0.39 is 29.0 Å². The zero-order valence-corrected chi connectivity index (χ0v) is 11.1. The number of carboxylic acid groups (broad SMARTS) is 1. The molecule has 110 valence electrons. The number of aliphatic carboxylic acids is 1. The van der Waals surface area contributed by atoms with Crippen molar-refractivity contribution in [3.05, 3.63) is 35.4 Å². The molecule has 0 aliphatic carbocycles. The Bertz CT molecular complexity index is 501. The number of halogens is 2. The molecule has 0 aromatic heterocycles. The average Bonchev–Trinajstić information content (AvgIpc) is 2.25. The second kappa shape index (κ2) is 6.42. The molecule has 1 aromatic rings. The zero-order chi connectivity index (χ0) is 15.3. The van der Waals surface area contributed by atoms with Gasteiger partial charge in [0.05, 0.1) is 18.6 Å². The molecule has 0 aliphatic heterocycles. The summed E-state index contributed by atoms with van der Waals surface area (Å²) in [5.41, 5.74) is -1.41. The summed E-state index contributed by atoms with van der Waals surface area (Å²) < 4.78 is 30.9. The number of amides is 1. The molecular formula is C13H15F2NO4. The molecule has 2 N–H and O–H groups in total. The third kappa shape index (κ3) is 4.58. The second-order valence-corrected chi connectivity index (χ2v) is 4.68. The molecule has 1 rings (SSSR count). The molecule has 1 unspecified atom stereocenters. The van der Waals surface area contributed by atoms with Gasteiger partial charge in [0.2, 0.25) is 0 Å². The van der Waals surface area contributed by atoms with Crippen LogP contribution in [-0.4, -0.2) is 36.2 Å². The molecule has 1 atom stereocenters. The first-order valence-corrected chi connectivity index (χ1v) is 5.75. The number of ether oxygens (including phenoxy) is 1. The van der Waals surface area contributed by atoms with E-state index in [2.05, 4.69) is 5.32 Å². The fourth-order valence-electron chi connectivity index (χ4n) is 1.81. The molecular weight excluding hydrogens is 272 g/mol. The van der Waals surface area contributed by atoms with Gasteiger partial charge in [-0.05, 0) is 19.1 Å². The fraction of sp³-hybridized carbons (Fsp3) is 0.385. The van der Waals surface area contributed by atoms with Crippen molar-refractivity contribution in [1.29, 1.82) is 0 Å². The van der Waals surface area contributed by atoms with Crippen LogP contribution in [0.5, 0.6) is 0 Å². The number of carbonyl (C=O) groups is 2. The van der Waals surface area contributed by atoms with Crippen LogP contribution in [0.15, 0.2) is 18.2 Å². The first-order chi connectivity index (χ1) is 9.25. The van der Waals surface area contributed by atoms with Crippen LogP contribution < -0.4 is 5.32 Å². The average molecular weight is 287 g/mol. The highest BCUT2D eigenvalue weighted by atomic mass is 19.1. The standard InChI is InChI=1S/C13H15F2NO4/c1-13(7-20-2,6-11(17)18)16-12(19)8-3-9(14)5-10(15)4-8/h3-5H,6-7H2,1-2H3,(H,16,19)(H,17,18). The molecule has 7 heteroatoms. The lowest BCUT2D eigenvalue weighted by molar-refractivity contribution is -0.139. The van der Waals surface area contributed by atoms with Crippen LogP contribution in [0.4, 0.5) is 8.78 Å². The maximum atomic E-state index is 13.0. The molecule has 0 aliphatic rings. The van der Waals surface area contributed by atoms with E-state index in [9.17, 15) is 18.4 Å². The number of nitrogens with one attached hydrogen (secondary N) is 1. The van der Waals surface area contributed by atoms with Gasteiger partial charge in [-0.3, -0.25) is 9.59 Å². The van der Waals surface area contributed by atoms with Crippen molar-refractivity contribution in [1.82, 2.24) is 5.32 Å². The number of methoxy groups -OCH3 is 1. The topological polar surface area (TPSA) is 75.6 Å². The van der Waals surface area contributed by atoms with Crippen molar-refractivity contribution in [2.24, 2.45) is 0 Å². The summed E-state index contributed by atoms with van der Waals surface area (Å²) in [6, 6.07) is 2.38. The summed E-state index contributed by atoms with van der Waals surface area (Å²) in [4.78, 5) is 22.7. The Kier molecular flexibility index (Phi) is 5.15. The number of hydrogen-bond acceptors (Lipinski definition) is 3. The van der Waals surface area contributed by atoms with Gasteiger partial charge in [-0.15, -0.1) is 0 Å². The summed E-state index contributed by atoms with van der Waals surface area (Å²) in [6.45, 7) is 1.42. The van der Waals surface area contributed by atoms with Gasteiger partial charge in [-0.2, -0.15) is 0 Å². The quantitative estimate of drug-likeness (QED) is 0.833. The normalized spacial score (nSPS) is 13.6. The molecule has 0 fully saturated rings. The summed E-state index contributed by atoms with van der Waals surface area (Å²) in [7, 11) is 1.36. The van der Waals surface area contributed by atoms with E-state index in [0.717, 1.165) is 12.1 Å². The maximum Gasteiger partial charge on any atom is 0.305 e. The predicted octanol–water partition coefficient (Wildman–Crippen LogP) is 1.57. The smallest absolute Gasteiger partial charge is 0.305 e. The van der Waals surface area contributed by atoms with Crippen LogP contribution in [-0.2, 0) is 9.53 Å². The van der Waals surface area contributed by atoms with Crippen molar-refractivity contribution in [2.45, 2.75) is 18.9 Å². The molecule has 5 nitrogen and oxygen atoms in total. The molecule has 1 amide bonds. The fourth-order valence-corrected chi connectivity index (χ4v) is 1.81. The third-order valence-corrected chi connectivity index (χ3v) is 2.54. The van der Waals surface area contributed by atoms with E-state index in [4.69, 9.17) is 9.84 Å². The van der Waals surface area contributed by atoms with Gasteiger partial charge < -0.3 is 15.2 Å². The van der Waals surface area contributed by atoms with Gasteiger partial charge in [-0.25, -0.2) is 8.78 Å². The molecule has 0 saturated carbocycles. The van der Waals surface area contributed by atoms with Crippen LogP contribution in [0.3, 0.4) is 0 Å². The molecule has 20 heavy (non-hydrogen) atoms. The van der Waals surface area contributed by atoms with E-state index in [1.165, 1.54) is 14.0 Å². The number of benzene rings is 1. The highest BCUT2D eigenvalue weighted by Gasteiger charge is 2.30. The molecule has 1 aromatic carbocycles. The predicted molar refractivity (Wildman–Crippen MR) is 66.4 cm³/mol. The third-order valence-electron chi connectivity index (χ3n) is 2.54. The van der Waals surface area contributed by atoms with E-state index in [-0.39, 0.29) is 18.6 Å². The highest BCUT2D eigenvalue weighted by Crippen LogP contribution is 2.14. The summed E-state index contributed by atoms with van der Waals surface area (Å²) in [5.74, 6) is -3.68. The van der Waals surface area contributed by atoms with Crippen molar-refractivity contribution >= 4 is 11.9 Å². The van der Waals surface area contributed by atoms with Gasteiger partial charge in [0.15, 0.2) is 0 Å².